The van der Waals surface area contributed by atoms with Gasteiger partial charge in [0, 0.05) is 31.6 Å². The van der Waals surface area contributed by atoms with Crippen molar-refractivity contribution in [1.82, 2.24) is 5.32 Å². The Hall–Kier alpha value is -1.55. The smallest absolute Gasteiger partial charge is 0.223 e. The van der Waals surface area contributed by atoms with Crippen molar-refractivity contribution < 1.29 is 4.79 Å². The van der Waals surface area contributed by atoms with Gasteiger partial charge in [0.1, 0.15) is 0 Å². The Labute approximate surface area is 158 Å². The Morgan fingerprint density at radius 1 is 1.08 bits per heavy atom. The molecule has 0 unspecified atom stereocenters. The quantitative estimate of drug-likeness (QED) is 0.801. The molecule has 25 heavy (non-hydrogen) atoms. The summed E-state index contributed by atoms with van der Waals surface area (Å²) in [5.41, 5.74) is 4.62. The lowest BCUT2D eigenvalue weighted by molar-refractivity contribution is -0.116. The summed E-state index contributed by atoms with van der Waals surface area (Å²) in [4.78, 5) is 13.4. The lowest BCUT2D eigenvalue weighted by Crippen LogP contribution is -2.27. The Balaban J connectivity index is 2.06. The maximum atomic E-state index is 11.7. The van der Waals surface area contributed by atoms with Crippen molar-refractivity contribution in [2.75, 3.05) is 19.0 Å². The molecular weight excluding hydrogens is 355 g/mol. The van der Waals surface area contributed by atoms with E-state index in [9.17, 15) is 4.79 Å². The Bertz CT molecular complexity index is 806. The van der Waals surface area contributed by atoms with Crippen LogP contribution < -0.4 is 10.2 Å². The van der Waals surface area contributed by atoms with Crippen LogP contribution in [0.1, 0.15) is 48.4 Å². The molecule has 2 aromatic carbocycles. The van der Waals surface area contributed by atoms with E-state index in [0.717, 1.165) is 18.5 Å². The maximum absolute atomic E-state index is 11.7. The monoisotopic (exact) mass is 376 g/mol. The summed E-state index contributed by atoms with van der Waals surface area (Å²) in [6.07, 6.45) is 2.07. The van der Waals surface area contributed by atoms with Gasteiger partial charge in [-0.15, -0.1) is 0 Å². The number of carbonyl (C=O) groups excluding carboxylic acids is 1. The summed E-state index contributed by atoms with van der Waals surface area (Å²) in [5.74, 6) is 0.309. The van der Waals surface area contributed by atoms with Gasteiger partial charge in [-0.2, -0.15) is 0 Å². The van der Waals surface area contributed by atoms with Gasteiger partial charge in [-0.3, -0.25) is 4.79 Å². The summed E-state index contributed by atoms with van der Waals surface area (Å²) >= 11 is 12.3. The number of benzene rings is 2. The van der Waals surface area contributed by atoms with Crippen molar-refractivity contribution in [1.29, 1.82) is 0 Å². The summed E-state index contributed by atoms with van der Waals surface area (Å²) in [5, 5.41) is 4.56. The number of halogens is 2. The first-order valence-electron chi connectivity index (χ1n) is 8.42. The molecule has 0 aliphatic heterocycles. The molecule has 5 heteroatoms. The zero-order valence-corrected chi connectivity index (χ0v) is 16.2. The zero-order chi connectivity index (χ0) is 18.1. The molecule has 1 aliphatic carbocycles. The lowest BCUT2D eigenvalue weighted by atomic mass is 9.76. The van der Waals surface area contributed by atoms with Crippen LogP contribution in [0.5, 0.6) is 0 Å². The van der Waals surface area contributed by atoms with Crippen LogP contribution in [-0.4, -0.2) is 20.0 Å². The molecule has 0 heterocycles. The Morgan fingerprint density at radius 2 is 1.84 bits per heavy atom. The first kappa shape index (κ1) is 18.2. The number of nitrogens with zero attached hydrogens (tertiary/aromatic N) is 1. The minimum Gasteiger partial charge on any atom is -0.316 e. The molecule has 0 fully saturated rings. The highest BCUT2D eigenvalue weighted by Crippen LogP contribution is 2.43. The molecule has 1 N–H and O–H groups in total. The van der Waals surface area contributed by atoms with Gasteiger partial charge in [-0.25, -0.2) is 0 Å². The largest absolute Gasteiger partial charge is 0.316 e. The molecule has 2 atom stereocenters. The van der Waals surface area contributed by atoms with E-state index in [1.807, 2.05) is 25.2 Å². The van der Waals surface area contributed by atoms with Crippen LogP contribution >= 0.6 is 23.2 Å². The van der Waals surface area contributed by atoms with E-state index in [4.69, 9.17) is 23.2 Å². The van der Waals surface area contributed by atoms with Crippen LogP contribution in [0.4, 0.5) is 5.69 Å². The maximum Gasteiger partial charge on any atom is 0.223 e. The topological polar surface area (TPSA) is 32.3 Å². The van der Waals surface area contributed by atoms with E-state index in [-0.39, 0.29) is 17.9 Å². The molecule has 3 nitrogen and oxygen atoms in total. The first-order chi connectivity index (χ1) is 11.9. The van der Waals surface area contributed by atoms with Crippen LogP contribution in [0.15, 0.2) is 36.4 Å². The van der Waals surface area contributed by atoms with E-state index in [2.05, 4.69) is 23.5 Å². The van der Waals surface area contributed by atoms with E-state index >= 15 is 0 Å². The number of nitrogens with one attached hydrogen (secondary N) is 1. The van der Waals surface area contributed by atoms with Gasteiger partial charge in [-0.05, 0) is 60.8 Å². The number of carbonyl (C=O) groups is 1. The van der Waals surface area contributed by atoms with Gasteiger partial charge >= 0.3 is 0 Å². The highest BCUT2D eigenvalue weighted by molar-refractivity contribution is 6.42. The van der Waals surface area contributed by atoms with Crippen LogP contribution in [0, 0.1) is 0 Å². The molecule has 0 bridgehead atoms. The number of hydrogen-bond donors (Lipinski definition) is 1. The average Bonchev–Trinajstić information content (AvgIpc) is 2.62. The highest BCUT2D eigenvalue weighted by atomic mass is 35.5. The second-order valence-corrected chi connectivity index (χ2v) is 7.35. The van der Waals surface area contributed by atoms with Crippen LogP contribution in [0.3, 0.4) is 0 Å². The van der Waals surface area contributed by atoms with E-state index < -0.39 is 0 Å². The second-order valence-electron chi connectivity index (χ2n) is 6.54. The summed E-state index contributed by atoms with van der Waals surface area (Å²) in [7, 11) is 3.78. The lowest BCUT2D eigenvalue weighted by Gasteiger charge is -2.33. The fourth-order valence-corrected chi connectivity index (χ4v) is 3.90. The van der Waals surface area contributed by atoms with Crippen LogP contribution in [-0.2, 0) is 4.79 Å². The molecule has 0 spiro atoms. The van der Waals surface area contributed by atoms with Gasteiger partial charge in [0.2, 0.25) is 5.91 Å². The van der Waals surface area contributed by atoms with Gasteiger partial charge in [0.15, 0.2) is 0 Å². The third-order valence-electron chi connectivity index (χ3n) is 5.12. The third kappa shape index (κ3) is 3.55. The Kier molecular flexibility index (Phi) is 5.38. The fraction of sp³-hybridized carbons (Fsp3) is 0.350. The van der Waals surface area contributed by atoms with Gasteiger partial charge in [0.05, 0.1) is 10.0 Å². The third-order valence-corrected chi connectivity index (χ3v) is 5.86. The summed E-state index contributed by atoms with van der Waals surface area (Å²) in [6.45, 7) is 1.58. The van der Waals surface area contributed by atoms with Gasteiger partial charge in [-0.1, -0.05) is 35.3 Å². The summed E-state index contributed by atoms with van der Waals surface area (Å²) in [6, 6.07) is 12.5. The SMILES string of the molecule is CN[C@H]1CC[C@@H](c2ccc(Cl)c(Cl)c2)c2ccc(N(C)C(C)=O)cc21. The standard InChI is InChI=1S/C20H22Cl2N2O/c1-12(25)24(3)14-5-6-16-15(7-9-20(23-2)17(16)11-14)13-4-8-18(21)19(22)10-13/h4-6,8,10-11,15,20,23H,7,9H2,1-3H3/t15-,20-/m0/s1. The predicted molar refractivity (Wildman–Crippen MR) is 105 cm³/mol. The number of rotatable bonds is 3. The average molecular weight is 377 g/mol. The van der Waals surface area contributed by atoms with Gasteiger partial charge < -0.3 is 10.2 Å². The molecule has 0 saturated carbocycles. The summed E-state index contributed by atoms with van der Waals surface area (Å²) < 4.78 is 0. The van der Waals surface area contributed by atoms with E-state index in [1.165, 1.54) is 16.7 Å². The van der Waals surface area contributed by atoms with Crippen molar-refractivity contribution in [2.45, 2.75) is 31.7 Å². The second kappa shape index (κ2) is 7.36. The van der Waals surface area contributed by atoms with E-state index in [0.29, 0.717) is 10.0 Å². The predicted octanol–water partition coefficient (Wildman–Crippen LogP) is 5.16. The minimum absolute atomic E-state index is 0.0257. The van der Waals surface area contributed by atoms with Gasteiger partial charge in [0.25, 0.3) is 0 Å². The normalized spacial score (nSPS) is 19.4. The van der Waals surface area contributed by atoms with Crippen molar-refractivity contribution >= 4 is 34.8 Å². The molecule has 132 valence electrons. The molecule has 0 saturated heterocycles. The number of hydrogen-bond acceptors (Lipinski definition) is 2. The first-order valence-corrected chi connectivity index (χ1v) is 9.18. The molecule has 0 radical (unpaired) electrons. The van der Waals surface area contributed by atoms with Crippen LogP contribution in [0.2, 0.25) is 10.0 Å². The zero-order valence-electron chi connectivity index (χ0n) is 14.6. The minimum atomic E-state index is 0.0257. The number of fused-ring (bicyclic) bond motifs is 1. The van der Waals surface area contributed by atoms with E-state index in [1.54, 1.807) is 18.9 Å². The molecule has 3 rings (SSSR count). The van der Waals surface area contributed by atoms with Crippen LogP contribution in [0.25, 0.3) is 0 Å². The van der Waals surface area contributed by atoms with Crippen molar-refractivity contribution in [3.05, 3.63) is 63.1 Å². The highest BCUT2D eigenvalue weighted by Gasteiger charge is 2.28. The molecule has 1 aliphatic rings. The van der Waals surface area contributed by atoms with Crippen molar-refractivity contribution in [3.8, 4) is 0 Å². The number of anilines is 1. The molecule has 0 aromatic heterocycles. The Morgan fingerprint density at radius 3 is 2.48 bits per heavy atom. The molecule has 2 aromatic rings. The van der Waals surface area contributed by atoms with Crippen molar-refractivity contribution in [2.24, 2.45) is 0 Å². The van der Waals surface area contributed by atoms with Crippen molar-refractivity contribution in [3.63, 3.8) is 0 Å². The molecular formula is C20H22Cl2N2O. The fourth-order valence-electron chi connectivity index (χ4n) is 3.59. The number of amides is 1. The molecule has 1 amide bonds.